The van der Waals surface area contributed by atoms with Gasteiger partial charge in [-0.05, 0) is 40.3 Å². The Hall–Kier alpha value is -1.63. The van der Waals surface area contributed by atoms with Crippen molar-refractivity contribution in [1.82, 2.24) is 20.0 Å². The molecule has 12 heteroatoms. The first-order valence-corrected chi connectivity index (χ1v) is 11.7. The van der Waals surface area contributed by atoms with E-state index < -0.39 is 24.2 Å². The van der Waals surface area contributed by atoms with Gasteiger partial charge in [0, 0.05) is 30.9 Å². The van der Waals surface area contributed by atoms with Gasteiger partial charge in [0.2, 0.25) is 0 Å². The molecular formula is C19H23BrF3N5O2S. The number of hydrogen-bond acceptors (Lipinski definition) is 6. The summed E-state index contributed by atoms with van der Waals surface area (Å²) in [5.41, 5.74) is -0.0463. The number of rotatable bonds is 6. The number of carbonyl (C=O) groups excluding carboxylic acids is 1. The Balaban J connectivity index is 1.45. The Morgan fingerprint density at radius 2 is 2.16 bits per heavy atom. The molecule has 4 rings (SSSR count). The summed E-state index contributed by atoms with van der Waals surface area (Å²) in [5.74, 6) is -0.323. The van der Waals surface area contributed by atoms with Gasteiger partial charge in [0.15, 0.2) is 11.7 Å². The van der Waals surface area contributed by atoms with Crippen LogP contribution in [0.3, 0.4) is 0 Å². The minimum atomic E-state index is -4.48. The third-order valence-electron chi connectivity index (χ3n) is 5.44. The zero-order valence-electron chi connectivity index (χ0n) is 16.6. The molecule has 0 radical (unpaired) electrons. The van der Waals surface area contributed by atoms with E-state index >= 15 is 0 Å². The molecule has 2 aromatic heterocycles. The number of nitrogens with one attached hydrogen (secondary N) is 2. The van der Waals surface area contributed by atoms with E-state index in [-0.39, 0.29) is 22.4 Å². The molecular weight excluding hydrogens is 499 g/mol. The first-order chi connectivity index (χ1) is 14.8. The van der Waals surface area contributed by atoms with Crippen LogP contribution in [0.4, 0.5) is 19.0 Å². The highest BCUT2D eigenvalue weighted by atomic mass is 79.9. The third kappa shape index (κ3) is 5.07. The molecule has 2 aliphatic rings. The zero-order chi connectivity index (χ0) is 22.0. The lowest BCUT2D eigenvalue weighted by Crippen LogP contribution is -2.38. The van der Waals surface area contributed by atoms with E-state index in [0.717, 1.165) is 35.6 Å². The van der Waals surface area contributed by atoms with E-state index in [9.17, 15) is 18.0 Å². The van der Waals surface area contributed by atoms with Crippen LogP contribution in [0.15, 0.2) is 22.0 Å². The number of fused-ring (bicyclic) bond motifs is 1. The van der Waals surface area contributed by atoms with E-state index in [4.69, 9.17) is 4.74 Å². The standard InChI is InChI=1S/C19H23BrF3N5O2S/c20-15-16(18(29)24-4-2-5-27-6-8-30-9-7-27)26-28-14(19(21,22)23)11-12(25-17(15)28)13-3-1-10-31-13/h1,3,10,12,14,25H,2,4-9,11H2,(H,24,29). The van der Waals surface area contributed by atoms with Crippen molar-refractivity contribution in [1.29, 1.82) is 0 Å². The summed E-state index contributed by atoms with van der Waals surface area (Å²) in [4.78, 5) is 15.7. The first-order valence-electron chi connectivity index (χ1n) is 10.1. The highest BCUT2D eigenvalue weighted by molar-refractivity contribution is 9.10. The molecule has 2 aromatic rings. The molecule has 1 fully saturated rings. The molecule has 0 bridgehead atoms. The Morgan fingerprint density at radius 3 is 2.84 bits per heavy atom. The predicted octanol–water partition coefficient (Wildman–Crippen LogP) is 3.82. The van der Waals surface area contributed by atoms with E-state index in [1.807, 2.05) is 5.38 Å². The molecule has 0 spiro atoms. The van der Waals surface area contributed by atoms with Crippen molar-refractivity contribution in [2.24, 2.45) is 0 Å². The summed E-state index contributed by atoms with van der Waals surface area (Å²) in [6.07, 6.45) is -3.93. The molecule has 2 N–H and O–H groups in total. The quantitative estimate of drug-likeness (QED) is 0.565. The SMILES string of the molecule is O=C(NCCCN1CCOCC1)c1nn2c(c1Br)NC(c1cccs1)CC2C(F)(F)F. The number of amides is 1. The zero-order valence-corrected chi connectivity index (χ0v) is 19.0. The van der Waals surface area contributed by atoms with Gasteiger partial charge in [0.25, 0.3) is 5.91 Å². The summed E-state index contributed by atoms with van der Waals surface area (Å²) in [6.45, 7) is 4.38. The van der Waals surface area contributed by atoms with Crippen molar-refractivity contribution >= 4 is 39.0 Å². The molecule has 7 nitrogen and oxygen atoms in total. The number of carbonyl (C=O) groups is 1. The van der Waals surface area contributed by atoms with Gasteiger partial charge in [0.1, 0.15) is 5.82 Å². The second-order valence-electron chi connectivity index (χ2n) is 7.52. The average molecular weight is 522 g/mol. The van der Waals surface area contributed by atoms with Crippen LogP contribution in [0.5, 0.6) is 0 Å². The van der Waals surface area contributed by atoms with Gasteiger partial charge >= 0.3 is 6.18 Å². The summed E-state index contributed by atoms with van der Waals surface area (Å²) in [6, 6.07) is 1.30. The molecule has 0 aliphatic carbocycles. The van der Waals surface area contributed by atoms with Crippen LogP contribution in [0.2, 0.25) is 0 Å². The number of ether oxygens (including phenoxy) is 1. The van der Waals surface area contributed by atoms with Gasteiger partial charge in [0.05, 0.1) is 23.7 Å². The Bertz CT molecular complexity index is 899. The fourth-order valence-corrected chi connectivity index (χ4v) is 5.17. The summed E-state index contributed by atoms with van der Waals surface area (Å²) in [5, 5.41) is 11.8. The Labute approximate surface area is 190 Å². The summed E-state index contributed by atoms with van der Waals surface area (Å²) >= 11 is 4.70. The smallest absolute Gasteiger partial charge is 0.379 e. The van der Waals surface area contributed by atoms with Crippen molar-refractivity contribution in [3.05, 3.63) is 32.6 Å². The second kappa shape index (κ2) is 9.47. The van der Waals surface area contributed by atoms with Crippen LogP contribution in [-0.4, -0.2) is 66.2 Å². The molecule has 0 aromatic carbocycles. The van der Waals surface area contributed by atoms with Crippen molar-refractivity contribution in [3.8, 4) is 0 Å². The van der Waals surface area contributed by atoms with Gasteiger partial charge in [-0.2, -0.15) is 18.3 Å². The van der Waals surface area contributed by atoms with Crippen LogP contribution < -0.4 is 10.6 Å². The van der Waals surface area contributed by atoms with E-state index in [2.05, 4.69) is 36.6 Å². The van der Waals surface area contributed by atoms with Crippen molar-refractivity contribution < 1.29 is 22.7 Å². The molecule has 1 amide bonds. The van der Waals surface area contributed by atoms with Crippen LogP contribution in [0.1, 0.15) is 40.3 Å². The lowest BCUT2D eigenvalue weighted by Gasteiger charge is -2.33. The van der Waals surface area contributed by atoms with Gasteiger partial charge in [-0.25, -0.2) is 4.68 Å². The van der Waals surface area contributed by atoms with Gasteiger partial charge < -0.3 is 15.4 Å². The van der Waals surface area contributed by atoms with Gasteiger partial charge in [-0.15, -0.1) is 11.3 Å². The van der Waals surface area contributed by atoms with Gasteiger partial charge in [-0.1, -0.05) is 6.07 Å². The molecule has 1 saturated heterocycles. The lowest BCUT2D eigenvalue weighted by molar-refractivity contribution is -0.173. The van der Waals surface area contributed by atoms with E-state index in [0.29, 0.717) is 19.8 Å². The number of alkyl halides is 3. The lowest BCUT2D eigenvalue weighted by atomic mass is 10.0. The number of anilines is 1. The van der Waals surface area contributed by atoms with Gasteiger partial charge in [-0.3, -0.25) is 9.69 Å². The number of aromatic nitrogens is 2. The molecule has 170 valence electrons. The molecule has 2 unspecified atom stereocenters. The summed E-state index contributed by atoms with van der Waals surface area (Å²) in [7, 11) is 0. The number of morpholine rings is 1. The maximum absolute atomic E-state index is 13.8. The minimum Gasteiger partial charge on any atom is -0.379 e. The van der Waals surface area contributed by atoms with Crippen LogP contribution in [0, 0.1) is 0 Å². The fraction of sp³-hybridized carbons (Fsp3) is 0.579. The highest BCUT2D eigenvalue weighted by Crippen LogP contribution is 2.46. The van der Waals surface area contributed by atoms with Crippen molar-refractivity contribution in [2.45, 2.75) is 31.1 Å². The predicted molar refractivity (Wildman–Crippen MR) is 115 cm³/mol. The van der Waals surface area contributed by atoms with E-state index in [1.54, 1.807) is 12.1 Å². The highest BCUT2D eigenvalue weighted by Gasteiger charge is 2.47. The molecule has 0 saturated carbocycles. The average Bonchev–Trinajstić information content (AvgIpc) is 3.39. The monoisotopic (exact) mass is 521 g/mol. The van der Waals surface area contributed by atoms with Crippen LogP contribution in [-0.2, 0) is 4.74 Å². The molecule has 4 heterocycles. The largest absolute Gasteiger partial charge is 0.410 e. The van der Waals surface area contributed by atoms with Crippen molar-refractivity contribution in [3.63, 3.8) is 0 Å². The topological polar surface area (TPSA) is 71.4 Å². The van der Waals surface area contributed by atoms with E-state index in [1.165, 1.54) is 11.3 Å². The second-order valence-corrected chi connectivity index (χ2v) is 9.30. The number of halogens is 4. The summed E-state index contributed by atoms with van der Waals surface area (Å²) < 4.78 is 47.8. The Morgan fingerprint density at radius 1 is 1.39 bits per heavy atom. The maximum atomic E-state index is 13.8. The minimum absolute atomic E-state index is 0.0463. The number of hydrogen-bond donors (Lipinski definition) is 2. The fourth-order valence-electron chi connectivity index (χ4n) is 3.82. The normalized spacial score (nSPS) is 22.1. The van der Waals surface area contributed by atoms with Crippen LogP contribution >= 0.6 is 27.3 Å². The maximum Gasteiger partial charge on any atom is 0.410 e. The molecule has 2 aliphatic heterocycles. The number of nitrogens with zero attached hydrogens (tertiary/aromatic N) is 3. The Kier molecular flexibility index (Phi) is 6.89. The van der Waals surface area contributed by atoms with Crippen LogP contribution in [0.25, 0.3) is 0 Å². The van der Waals surface area contributed by atoms with Crippen molar-refractivity contribution in [2.75, 3.05) is 44.7 Å². The number of thiophene rings is 1. The molecule has 2 atom stereocenters. The first kappa shape index (κ1) is 22.6. The third-order valence-corrected chi connectivity index (χ3v) is 7.17. The molecule has 31 heavy (non-hydrogen) atoms.